The number of aromatic nitrogens is 3. The average Bonchev–Trinajstić information content (AvgIpc) is 3.08. The minimum Gasteiger partial charge on any atom is -0.335 e. The minimum atomic E-state index is -3.40. The molecule has 25 heavy (non-hydrogen) atoms. The van der Waals surface area contributed by atoms with Gasteiger partial charge in [-0.25, -0.2) is 18.1 Å². The fourth-order valence-corrected chi connectivity index (χ4v) is 4.62. The summed E-state index contributed by atoms with van der Waals surface area (Å²) in [5.41, 5.74) is 1.47. The second kappa shape index (κ2) is 6.57. The Kier molecular flexibility index (Phi) is 4.27. The molecule has 0 unspecified atom stereocenters. The molecule has 130 valence electrons. The molecule has 2 aromatic heterocycles. The standard InChI is InChI=1S/C18H20N4O2S/c23-25(24,13-16-4-1-3-15-5-2-8-20-18(15)16)21-11-14-6-7-17-19-9-10-22(17)12-14/h1-5,8-10,14,21H,6-7,11-13H2/t14-/m1/s1. The number of nitrogens with zero attached hydrogens (tertiary/aromatic N) is 3. The van der Waals surface area contributed by atoms with E-state index in [-0.39, 0.29) is 5.75 Å². The molecule has 3 aromatic rings. The number of para-hydroxylation sites is 1. The van der Waals surface area contributed by atoms with Crippen molar-refractivity contribution in [1.82, 2.24) is 19.3 Å². The first-order valence-electron chi connectivity index (χ1n) is 8.41. The molecule has 7 heteroatoms. The molecule has 0 spiro atoms. The summed E-state index contributed by atoms with van der Waals surface area (Å²) in [4.78, 5) is 8.63. The van der Waals surface area contributed by atoms with Crippen molar-refractivity contribution in [2.45, 2.75) is 25.1 Å². The number of benzene rings is 1. The lowest BCUT2D eigenvalue weighted by atomic mass is 10.00. The predicted molar refractivity (Wildman–Crippen MR) is 96.4 cm³/mol. The zero-order chi connectivity index (χ0) is 17.3. The molecular weight excluding hydrogens is 336 g/mol. The van der Waals surface area contributed by atoms with E-state index in [9.17, 15) is 8.42 Å². The lowest BCUT2D eigenvalue weighted by molar-refractivity contribution is 0.363. The second-order valence-corrected chi connectivity index (χ2v) is 8.31. The Hall–Kier alpha value is -2.25. The number of fused-ring (bicyclic) bond motifs is 2. The summed E-state index contributed by atoms with van der Waals surface area (Å²) < 4.78 is 29.9. The van der Waals surface area contributed by atoms with E-state index in [2.05, 4.69) is 19.3 Å². The maximum absolute atomic E-state index is 12.5. The van der Waals surface area contributed by atoms with Gasteiger partial charge in [-0.15, -0.1) is 0 Å². The van der Waals surface area contributed by atoms with E-state index in [1.54, 1.807) is 12.4 Å². The van der Waals surface area contributed by atoms with E-state index < -0.39 is 10.0 Å². The van der Waals surface area contributed by atoms with Crippen LogP contribution in [0, 0.1) is 5.92 Å². The zero-order valence-electron chi connectivity index (χ0n) is 13.8. The van der Waals surface area contributed by atoms with Gasteiger partial charge < -0.3 is 4.57 Å². The molecular formula is C18H20N4O2S. The fourth-order valence-electron chi connectivity index (χ4n) is 3.39. The van der Waals surface area contributed by atoms with Crippen LogP contribution < -0.4 is 4.72 Å². The summed E-state index contributed by atoms with van der Waals surface area (Å²) >= 11 is 0. The van der Waals surface area contributed by atoms with E-state index in [4.69, 9.17) is 0 Å². The molecule has 0 bridgehead atoms. The van der Waals surface area contributed by atoms with Crippen molar-refractivity contribution in [2.24, 2.45) is 5.92 Å². The summed E-state index contributed by atoms with van der Waals surface area (Å²) in [6.07, 6.45) is 7.30. The zero-order valence-corrected chi connectivity index (χ0v) is 14.6. The second-order valence-electron chi connectivity index (χ2n) is 6.50. The number of pyridine rings is 1. The van der Waals surface area contributed by atoms with Crippen molar-refractivity contribution in [2.75, 3.05) is 6.54 Å². The van der Waals surface area contributed by atoms with Crippen LogP contribution in [0.25, 0.3) is 10.9 Å². The van der Waals surface area contributed by atoms with Crippen molar-refractivity contribution in [3.63, 3.8) is 0 Å². The third-order valence-electron chi connectivity index (χ3n) is 4.69. The molecule has 4 rings (SSSR count). The molecule has 1 atom stereocenters. The van der Waals surface area contributed by atoms with Crippen molar-refractivity contribution < 1.29 is 8.42 Å². The highest BCUT2D eigenvalue weighted by molar-refractivity contribution is 7.88. The highest BCUT2D eigenvalue weighted by atomic mass is 32.2. The molecule has 1 N–H and O–H groups in total. The molecule has 0 amide bonds. The van der Waals surface area contributed by atoms with Crippen LogP contribution in [0.4, 0.5) is 0 Å². The van der Waals surface area contributed by atoms with Crippen molar-refractivity contribution in [3.8, 4) is 0 Å². The lowest BCUT2D eigenvalue weighted by Crippen LogP contribution is -2.34. The summed E-state index contributed by atoms with van der Waals surface area (Å²) in [5, 5.41) is 0.954. The minimum absolute atomic E-state index is 0.0512. The third-order valence-corrected chi connectivity index (χ3v) is 5.98. The van der Waals surface area contributed by atoms with Gasteiger partial charge in [0.25, 0.3) is 0 Å². The fraction of sp³-hybridized carbons (Fsp3) is 0.333. The van der Waals surface area contributed by atoms with Crippen LogP contribution in [0.1, 0.15) is 17.8 Å². The molecule has 1 aliphatic rings. The Bertz CT molecular complexity index is 992. The van der Waals surface area contributed by atoms with Crippen LogP contribution in [-0.4, -0.2) is 29.5 Å². The molecule has 0 radical (unpaired) electrons. The summed E-state index contributed by atoms with van der Waals surface area (Å²) in [5.74, 6) is 1.33. The lowest BCUT2D eigenvalue weighted by Gasteiger charge is -2.24. The maximum Gasteiger partial charge on any atom is 0.215 e. The third kappa shape index (κ3) is 3.57. The summed E-state index contributed by atoms with van der Waals surface area (Å²) in [6.45, 7) is 1.27. The number of hydrogen-bond donors (Lipinski definition) is 1. The molecule has 0 aliphatic carbocycles. The number of rotatable bonds is 5. The molecule has 3 heterocycles. The number of aryl methyl sites for hydroxylation is 1. The van der Waals surface area contributed by atoms with Crippen LogP contribution in [0.5, 0.6) is 0 Å². The first-order chi connectivity index (χ1) is 12.1. The molecule has 0 saturated carbocycles. The van der Waals surface area contributed by atoms with Gasteiger partial charge in [0.15, 0.2) is 0 Å². The van der Waals surface area contributed by atoms with E-state index in [0.717, 1.165) is 41.7 Å². The maximum atomic E-state index is 12.5. The van der Waals surface area contributed by atoms with Crippen molar-refractivity contribution >= 4 is 20.9 Å². The Morgan fingerprint density at radius 3 is 2.96 bits per heavy atom. The first kappa shape index (κ1) is 16.2. The summed E-state index contributed by atoms with van der Waals surface area (Å²) in [7, 11) is -3.40. The number of nitrogens with one attached hydrogen (secondary N) is 1. The monoisotopic (exact) mass is 356 g/mol. The van der Waals surface area contributed by atoms with Gasteiger partial charge in [0.05, 0.1) is 11.3 Å². The van der Waals surface area contributed by atoms with Crippen LogP contribution in [-0.2, 0) is 28.7 Å². The molecule has 1 aromatic carbocycles. The Morgan fingerprint density at radius 2 is 2.04 bits per heavy atom. The van der Waals surface area contributed by atoms with Crippen molar-refractivity contribution in [3.05, 3.63) is 60.3 Å². The van der Waals surface area contributed by atoms with Gasteiger partial charge in [0.2, 0.25) is 10.0 Å². The smallest absolute Gasteiger partial charge is 0.215 e. The SMILES string of the molecule is O=S(=O)(Cc1cccc2cccnc12)NC[C@H]1CCc2nccn2C1. The topological polar surface area (TPSA) is 76.9 Å². The quantitative estimate of drug-likeness (QED) is 0.760. The van der Waals surface area contributed by atoms with E-state index >= 15 is 0 Å². The molecule has 0 saturated heterocycles. The largest absolute Gasteiger partial charge is 0.335 e. The highest BCUT2D eigenvalue weighted by Gasteiger charge is 2.21. The van der Waals surface area contributed by atoms with Crippen LogP contribution in [0.2, 0.25) is 0 Å². The van der Waals surface area contributed by atoms with Gasteiger partial charge >= 0.3 is 0 Å². The Morgan fingerprint density at radius 1 is 1.16 bits per heavy atom. The van der Waals surface area contributed by atoms with Gasteiger partial charge in [0, 0.05) is 43.5 Å². The van der Waals surface area contributed by atoms with Gasteiger partial charge in [-0.1, -0.05) is 24.3 Å². The van der Waals surface area contributed by atoms with Crippen LogP contribution >= 0.6 is 0 Å². The van der Waals surface area contributed by atoms with E-state index in [1.807, 2.05) is 36.5 Å². The van der Waals surface area contributed by atoms with Gasteiger partial charge in [-0.3, -0.25) is 4.98 Å². The molecule has 0 fully saturated rings. The van der Waals surface area contributed by atoms with E-state index in [1.165, 1.54) is 0 Å². The van der Waals surface area contributed by atoms with E-state index in [0.29, 0.717) is 12.5 Å². The number of imidazole rings is 1. The first-order valence-corrected chi connectivity index (χ1v) is 10.1. The summed E-state index contributed by atoms with van der Waals surface area (Å²) in [6, 6.07) is 9.43. The number of sulfonamides is 1. The normalized spacial score (nSPS) is 17.5. The predicted octanol–water partition coefficient (Wildman–Crippen LogP) is 2.11. The van der Waals surface area contributed by atoms with Gasteiger partial charge in [-0.05, 0) is 24.0 Å². The molecule has 6 nitrogen and oxygen atoms in total. The molecule has 1 aliphatic heterocycles. The Balaban J connectivity index is 1.44. The number of hydrogen-bond acceptors (Lipinski definition) is 4. The van der Waals surface area contributed by atoms with Gasteiger partial charge in [-0.2, -0.15) is 0 Å². The Labute approximate surface area is 147 Å². The highest BCUT2D eigenvalue weighted by Crippen LogP contribution is 2.20. The van der Waals surface area contributed by atoms with Crippen molar-refractivity contribution in [1.29, 1.82) is 0 Å². The van der Waals surface area contributed by atoms with Crippen LogP contribution in [0.15, 0.2) is 48.9 Å². The van der Waals surface area contributed by atoms with Crippen LogP contribution in [0.3, 0.4) is 0 Å². The average molecular weight is 356 g/mol. The van der Waals surface area contributed by atoms with Gasteiger partial charge in [0.1, 0.15) is 5.82 Å².